The monoisotopic (exact) mass is 363 g/mol. The van der Waals surface area contributed by atoms with E-state index in [2.05, 4.69) is 12.1 Å². The summed E-state index contributed by atoms with van der Waals surface area (Å²) in [6.07, 6.45) is 3.23. The van der Waals surface area contributed by atoms with Crippen molar-refractivity contribution in [3.05, 3.63) is 70.1 Å². The Morgan fingerprint density at radius 3 is 2.48 bits per heavy atom. The Hall–Kier alpha value is -2.92. The molecule has 2 heterocycles. The summed E-state index contributed by atoms with van der Waals surface area (Å²) in [6.45, 7) is 1.69. The first-order chi connectivity index (χ1) is 13.1. The third kappa shape index (κ3) is 3.78. The highest BCUT2D eigenvalue weighted by atomic mass is 16.5. The normalized spacial score (nSPS) is 15.1. The Balaban J connectivity index is 1.69. The van der Waals surface area contributed by atoms with Crippen molar-refractivity contribution in [2.24, 2.45) is 11.7 Å². The highest BCUT2D eigenvalue weighted by molar-refractivity contribution is 6.00. The van der Waals surface area contributed by atoms with Crippen molar-refractivity contribution in [1.29, 1.82) is 0 Å². The van der Waals surface area contributed by atoms with E-state index in [-0.39, 0.29) is 0 Å². The summed E-state index contributed by atoms with van der Waals surface area (Å²) in [7, 11) is 0. The lowest BCUT2D eigenvalue weighted by Gasteiger charge is -2.22. The first kappa shape index (κ1) is 17.5. The van der Waals surface area contributed by atoms with Gasteiger partial charge >= 0.3 is 5.63 Å². The van der Waals surface area contributed by atoms with Gasteiger partial charge in [0.25, 0.3) is 0 Å². The second-order valence-electron chi connectivity index (χ2n) is 7.01. The number of fused-ring (bicyclic) bond motifs is 1. The van der Waals surface area contributed by atoms with E-state index < -0.39 is 11.5 Å². The maximum atomic E-state index is 12.0. The molecule has 0 bridgehead atoms. The van der Waals surface area contributed by atoms with Crippen LogP contribution in [0.25, 0.3) is 22.1 Å². The van der Waals surface area contributed by atoms with E-state index in [0.717, 1.165) is 43.6 Å². The molecule has 1 saturated heterocycles. The Kier molecular flexibility index (Phi) is 4.77. The third-order valence-electron chi connectivity index (χ3n) is 5.16. The highest BCUT2D eigenvalue weighted by Crippen LogP contribution is 2.29. The zero-order valence-electron chi connectivity index (χ0n) is 14.9. The topological polar surface area (TPSA) is 82.5 Å². The van der Waals surface area contributed by atoms with Gasteiger partial charge in [-0.3, -0.25) is 4.79 Å². The molecule has 5 heteroatoms. The molecule has 2 aromatic carbocycles. The van der Waals surface area contributed by atoms with Gasteiger partial charge in [-0.25, -0.2) is 4.79 Å². The van der Waals surface area contributed by atoms with E-state index in [1.165, 1.54) is 11.6 Å². The molecular formula is C22H21NO4. The summed E-state index contributed by atoms with van der Waals surface area (Å²) in [5.74, 6) is 0.146. The van der Waals surface area contributed by atoms with Crippen molar-refractivity contribution in [3.8, 4) is 11.1 Å². The fourth-order valence-electron chi connectivity index (χ4n) is 3.66. The van der Waals surface area contributed by atoms with E-state index in [1.807, 2.05) is 12.1 Å². The standard InChI is InChI=1S/C22H21NO4/c23-22(25)17-5-6-20-19(12-17)18(13-21(24)27-20)16-3-1-14(2-4-16)11-15-7-9-26-10-8-15/h1-6,12-13,15H,7-11H2,(H2,23,25). The van der Waals surface area contributed by atoms with Gasteiger partial charge in [-0.15, -0.1) is 0 Å². The maximum Gasteiger partial charge on any atom is 0.336 e. The van der Waals surface area contributed by atoms with Crippen LogP contribution in [0.4, 0.5) is 0 Å². The smallest absolute Gasteiger partial charge is 0.336 e. The fraction of sp³-hybridized carbons (Fsp3) is 0.273. The number of benzene rings is 2. The number of hydrogen-bond donors (Lipinski definition) is 1. The maximum absolute atomic E-state index is 12.0. The van der Waals surface area contributed by atoms with Crippen LogP contribution in [0, 0.1) is 5.92 Å². The molecule has 1 aliphatic heterocycles. The molecule has 1 aromatic heterocycles. The molecule has 0 aliphatic carbocycles. The minimum absolute atomic E-state index is 0.383. The molecule has 2 N–H and O–H groups in total. The van der Waals surface area contributed by atoms with Crippen LogP contribution in [-0.4, -0.2) is 19.1 Å². The van der Waals surface area contributed by atoms with E-state index in [0.29, 0.717) is 22.5 Å². The summed E-state index contributed by atoms with van der Waals surface area (Å²) >= 11 is 0. The van der Waals surface area contributed by atoms with Crippen molar-refractivity contribution < 1.29 is 13.9 Å². The zero-order valence-corrected chi connectivity index (χ0v) is 14.9. The van der Waals surface area contributed by atoms with Crippen LogP contribution in [0.15, 0.2) is 57.7 Å². The van der Waals surface area contributed by atoms with Crippen molar-refractivity contribution in [3.63, 3.8) is 0 Å². The molecule has 0 radical (unpaired) electrons. The molecule has 1 fully saturated rings. The number of primary amides is 1. The number of amides is 1. The van der Waals surface area contributed by atoms with E-state index in [1.54, 1.807) is 18.2 Å². The van der Waals surface area contributed by atoms with E-state index >= 15 is 0 Å². The minimum atomic E-state index is -0.513. The molecular weight excluding hydrogens is 342 g/mol. The van der Waals surface area contributed by atoms with E-state index in [9.17, 15) is 9.59 Å². The van der Waals surface area contributed by atoms with Crippen LogP contribution in [0.2, 0.25) is 0 Å². The summed E-state index contributed by atoms with van der Waals surface area (Å²) < 4.78 is 10.7. The number of hydrogen-bond acceptors (Lipinski definition) is 4. The molecule has 0 saturated carbocycles. The summed E-state index contributed by atoms with van der Waals surface area (Å²) in [6, 6.07) is 14.5. The SMILES string of the molecule is NC(=O)c1ccc2oc(=O)cc(-c3ccc(CC4CCOCC4)cc3)c2c1. The van der Waals surface area contributed by atoms with Crippen molar-refractivity contribution in [1.82, 2.24) is 0 Å². The number of nitrogens with two attached hydrogens (primary N) is 1. The van der Waals surface area contributed by atoms with E-state index in [4.69, 9.17) is 14.9 Å². The van der Waals surface area contributed by atoms with Gasteiger partial charge in [0.2, 0.25) is 5.91 Å². The molecule has 5 nitrogen and oxygen atoms in total. The van der Waals surface area contributed by atoms with Crippen LogP contribution in [0.1, 0.15) is 28.8 Å². The van der Waals surface area contributed by atoms with Crippen LogP contribution >= 0.6 is 0 Å². The molecule has 1 aliphatic rings. The lowest BCUT2D eigenvalue weighted by atomic mass is 9.91. The van der Waals surface area contributed by atoms with Gasteiger partial charge in [0.1, 0.15) is 5.58 Å². The largest absolute Gasteiger partial charge is 0.423 e. The second kappa shape index (κ2) is 7.37. The molecule has 27 heavy (non-hydrogen) atoms. The van der Waals surface area contributed by atoms with Gasteiger partial charge < -0.3 is 14.9 Å². The third-order valence-corrected chi connectivity index (χ3v) is 5.16. The van der Waals surface area contributed by atoms with Crippen molar-refractivity contribution >= 4 is 16.9 Å². The fourth-order valence-corrected chi connectivity index (χ4v) is 3.66. The zero-order chi connectivity index (χ0) is 18.8. The molecule has 1 amide bonds. The van der Waals surface area contributed by atoms with Crippen molar-refractivity contribution in [2.45, 2.75) is 19.3 Å². The Bertz CT molecular complexity index is 1030. The highest BCUT2D eigenvalue weighted by Gasteiger charge is 2.15. The Labute approximate surface area is 156 Å². The molecule has 0 unspecified atom stereocenters. The average Bonchev–Trinajstić information content (AvgIpc) is 2.68. The number of carbonyl (C=O) groups excluding carboxylic acids is 1. The number of ether oxygens (including phenoxy) is 1. The van der Waals surface area contributed by atoms with Gasteiger partial charge in [0.15, 0.2) is 0 Å². The predicted molar refractivity (Wildman–Crippen MR) is 104 cm³/mol. The van der Waals surface area contributed by atoms with Crippen LogP contribution < -0.4 is 11.4 Å². The molecule has 138 valence electrons. The van der Waals surface area contributed by atoms with Gasteiger partial charge in [0.05, 0.1) is 0 Å². The first-order valence-corrected chi connectivity index (χ1v) is 9.15. The molecule has 0 atom stereocenters. The number of rotatable bonds is 4. The first-order valence-electron chi connectivity index (χ1n) is 9.15. The van der Waals surface area contributed by atoms with Gasteiger partial charge in [-0.2, -0.15) is 0 Å². The molecule has 3 aromatic rings. The second-order valence-corrected chi connectivity index (χ2v) is 7.01. The Morgan fingerprint density at radius 1 is 1.04 bits per heavy atom. The summed E-state index contributed by atoms with van der Waals surface area (Å²) in [5, 5.41) is 0.697. The Morgan fingerprint density at radius 2 is 1.78 bits per heavy atom. The summed E-state index contributed by atoms with van der Waals surface area (Å²) in [5.41, 5.74) is 8.71. The average molecular weight is 363 g/mol. The lowest BCUT2D eigenvalue weighted by molar-refractivity contribution is 0.0665. The molecule has 4 rings (SSSR count). The predicted octanol–water partition coefficient (Wildman–Crippen LogP) is 3.53. The van der Waals surface area contributed by atoms with Crippen LogP contribution in [0.3, 0.4) is 0 Å². The quantitative estimate of drug-likeness (QED) is 0.719. The van der Waals surface area contributed by atoms with Crippen molar-refractivity contribution in [2.75, 3.05) is 13.2 Å². The lowest BCUT2D eigenvalue weighted by Crippen LogP contribution is -2.17. The minimum Gasteiger partial charge on any atom is -0.423 e. The summed E-state index contributed by atoms with van der Waals surface area (Å²) in [4.78, 5) is 23.5. The van der Waals surface area contributed by atoms with Gasteiger partial charge in [-0.05, 0) is 60.1 Å². The van der Waals surface area contributed by atoms with Crippen LogP contribution in [0.5, 0.6) is 0 Å². The molecule has 0 spiro atoms. The number of carbonyl (C=O) groups is 1. The van der Waals surface area contributed by atoms with Gasteiger partial charge in [0, 0.05) is 30.2 Å². The van der Waals surface area contributed by atoms with Crippen LogP contribution in [-0.2, 0) is 11.2 Å². The van der Waals surface area contributed by atoms with Gasteiger partial charge in [-0.1, -0.05) is 24.3 Å².